The van der Waals surface area contributed by atoms with E-state index in [1.54, 1.807) is 0 Å². The molecule has 17 heavy (non-hydrogen) atoms. The molecule has 0 aliphatic carbocycles. The number of fused-ring (bicyclic) bond motifs is 1. The molecule has 0 N–H and O–H groups in total. The van der Waals surface area contributed by atoms with Crippen LogP contribution in [0.4, 0.5) is 26.3 Å². The van der Waals surface area contributed by atoms with Crippen LogP contribution in [0, 0.1) is 0 Å². The van der Waals surface area contributed by atoms with Gasteiger partial charge >= 0.3 is 12.4 Å². The first-order chi connectivity index (χ1) is 7.69. The highest BCUT2D eigenvalue weighted by Crippen LogP contribution is 2.35. The van der Waals surface area contributed by atoms with Gasteiger partial charge in [0.15, 0.2) is 0 Å². The van der Waals surface area contributed by atoms with Gasteiger partial charge in [0.1, 0.15) is 11.3 Å². The third kappa shape index (κ3) is 2.06. The molecule has 8 heteroatoms. The number of pyridine rings is 1. The van der Waals surface area contributed by atoms with Crippen molar-refractivity contribution in [3.05, 3.63) is 35.8 Å². The third-order valence-electron chi connectivity index (χ3n) is 2.12. The minimum absolute atomic E-state index is 0.0642. The maximum atomic E-state index is 12.5. The maximum absolute atomic E-state index is 12.5. The summed E-state index contributed by atoms with van der Waals surface area (Å²) in [6, 6.07) is 0.629. The van der Waals surface area contributed by atoms with Crippen LogP contribution < -0.4 is 0 Å². The number of imidazole rings is 1. The molecule has 2 nitrogen and oxygen atoms in total. The molecule has 0 saturated heterocycles. The van der Waals surface area contributed by atoms with E-state index in [9.17, 15) is 26.3 Å². The molecular formula is C9H4F6N2. The lowest BCUT2D eigenvalue weighted by Crippen LogP contribution is -2.15. The van der Waals surface area contributed by atoms with Crippen molar-refractivity contribution >= 4 is 5.65 Å². The highest BCUT2D eigenvalue weighted by molar-refractivity contribution is 5.45. The van der Waals surface area contributed by atoms with E-state index in [-0.39, 0.29) is 6.07 Å². The summed E-state index contributed by atoms with van der Waals surface area (Å²) >= 11 is 0. The van der Waals surface area contributed by atoms with Gasteiger partial charge in [-0.25, -0.2) is 4.98 Å². The molecule has 0 spiro atoms. The Bertz CT molecular complexity index is 551. The van der Waals surface area contributed by atoms with Gasteiger partial charge < -0.3 is 0 Å². The number of halogens is 6. The van der Waals surface area contributed by atoms with Crippen molar-refractivity contribution < 1.29 is 26.3 Å². The van der Waals surface area contributed by atoms with Crippen molar-refractivity contribution in [3.63, 3.8) is 0 Å². The van der Waals surface area contributed by atoms with Crippen molar-refractivity contribution in [1.29, 1.82) is 0 Å². The van der Waals surface area contributed by atoms with E-state index >= 15 is 0 Å². The first-order valence-corrected chi connectivity index (χ1v) is 4.31. The average molecular weight is 254 g/mol. The fourth-order valence-corrected chi connectivity index (χ4v) is 1.41. The minimum atomic E-state index is -4.87. The molecular weight excluding hydrogens is 250 g/mol. The van der Waals surface area contributed by atoms with Gasteiger partial charge in [0, 0.05) is 12.4 Å². The summed E-state index contributed by atoms with van der Waals surface area (Å²) in [4.78, 5) is 3.43. The molecule has 0 saturated carbocycles. The molecule has 0 aliphatic rings. The summed E-state index contributed by atoms with van der Waals surface area (Å²) in [5.74, 6) is 0. The predicted molar refractivity (Wildman–Crippen MR) is 45.2 cm³/mol. The Morgan fingerprint density at radius 2 is 1.59 bits per heavy atom. The molecule has 2 heterocycles. The third-order valence-corrected chi connectivity index (χ3v) is 2.12. The summed E-state index contributed by atoms with van der Waals surface area (Å²) in [6.07, 6.45) is -7.75. The van der Waals surface area contributed by atoms with Gasteiger partial charge in [-0.3, -0.25) is 4.40 Å². The van der Waals surface area contributed by atoms with Crippen molar-refractivity contribution in [1.82, 2.24) is 9.38 Å². The van der Waals surface area contributed by atoms with Gasteiger partial charge in [0.2, 0.25) is 0 Å². The largest absolute Gasteiger partial charge is 0.431 e. The lowest BCUT2D eigenvalue weighted by molar-refractivity contribution is -0.146. The number of aromatic nitrogens is 2. The Hall–Kier alpha value is -1.73. The zero-order valence-corrected chi connectivity index (χ0v) is 7.97. The highest BCUT2D eigenvalue weighted by Gasteiger charge is 2.38. The van der Waals surface area contributed by atoms with Gasteiger partial charge in [0.05, 0.1) is 5.56 Å². The molecule has 2 rings (SSSR count). The van der Waals surface area contributed by atoms with E-state index in [1.165, 1.54) is 0 Å². The first-order valence-electron chi connectivity index (χ1n) is 4.31. The molecule has 0 radical (unpaired) electrons. The van der Waals surface area contributed by atoms with Crippen molar-refractivity contribution in [2.75, 3.05) is 0 Å². The van der Waals surface area contributed by atoms with E-state index in [0.29, 0.717) is 10.5 Å². The predicted octanol–water partition coefficient (Wildman–Crippen LogP) is 3.37. The minimum Gasteiger partial charge on any atom is -0.296 e. The van der Waals surface area contributed by atoms with Crippen molar-refractivity contribution in [2.24, 2.45) is 0 Å². The van der Waals surface area contributed by atoms with Crippen LogP contribution in [-0.4, -0.2) is 9.38 Å². The second kappa shape index (κ2) is 3.38. The first kappa shape index (κ1) is 11.7. The second-order valence-electron chi connectivity index (χ2n) is 3.28. The Labute approximate surface area is 90.5 Å². The fourth-order valence-electron chi connectivity index (χ4n) is 1.41. The average Bonchev–Trinajstić information content (AvgIpc) is 2.59. The van der Waals surface area contributed by atoms with E-state index in [0.717, 1.165) is 12.4 Å². The SMILES string of the molecule is FC(F)(F)c1cc(C(F)(F)F)n2ccnc2c1. The number of rotatable bonds is 0. The van der Waals surface area contributed by atoms with Gasteiger partial charge in [0.25, 0.3) is 0 Å². The normalized spacial score (nSPS) is 13.3. The molecule has 0 unspecified atom stereocenters. The number of hydrogen-bond acceptors (Lipinski definition) is 1. The van der Waals surface area contributed by atoms with Gasteiger partial charge in [-0.1, -0.05) is 0 Å². The van der Waals surface area contributed by atoms with Crippen LogP contribution in [-0.2, 0) is 12.4 Å². The Balaban J connectivity index is 2.76. The standard InChI is InChI=1S/C9H4F6N2/c10-8(11,12)5-3-6(9(13,14)15)17-2-1-16-7(17)4-5/h1-4H. The Morgan fingerprint density at radius 1 is 0.941 bits per heavy atom. The van der Waals surface area contributed by atoms with Crippen molar-refractivity contribution in [2.45, 2.75) is 12.4 Å². The summed E-state index contributed by atoms with van der Waals surface area (Å²) in [7, 11) is 0. The summed E-state index contributed by atoms with van der Waals surface area (Å²) in [6.45, 7) is 0. The second-order valence-corrected chi connectivity index (χ2v) is 3.28. The Morgan fingerprint density at radius 3 is 2.12 bits per heavy atom. The van der Waals surface area contributed by atoms with Gasteiger partial charge in [-0.05, 0) is 12.1 Å². The molecule has 0 amide bonds. The van der Waals surface area contributed by atoms with Gasteiger partial charge in [-0.2, -0.15) is 26.3 Å². The Kier molecular flexibility index (Phi) is 2.33. The van der Waals surface area contributed by atoms with Crippen LogP contribution in [0.3, 0.4) is 0 Å². The lowest BCUT2D eigenvalue weighted by Gasteiger charge is -2.13. The summed E-state index contributed by atoms with van der Waals surface area (Å²) in [5.41, 5.74) is -3.17. The number of hydrogen-bond donors (Lipinski definition) is 0. The van der Waals surface area contributed by atoms with Crippen LogP contribution in [0.25, 0.3) is 5.65 Å². The monoisotopic (exact) mass is 254 g/mol. The summed E-state index contributed by atoms with van der Waals surface area (Å²) in [5, 5.41) is 0. The molecule has 0 aromatic carbocycles. The quantitative estimate of drug-likeness (QED) is 0.659. The van der Waals surface area contributed by atoms with Crippen LogP contribution in [0.1, 0.15) is 11.3 Å². The molecule has 0 bridgehead atoms. The number of nitrogens with zero attached hydrogens (tertiary/aromatic N) is 2. The molecule has 0 aliphatic heterocycles. The maximum Gasteiger partial charge on any atom is 0.431 e. The van der Waals surface area contributed by atoms with E-state index in [2.05, 4.69) is 4.98 Å². The molecule has 0 atom stereocenters. The van der Waals surface area contributed by atoms with E-state index in [4.69, 9.17) is 0 Å². The topological polar surface area (TPSA) is 17.3 Å². The molecule has 92 valence electrons. The van der Waals surface area contributed by atoms with Crippen LogP contribution in [0.15, 0.2) is 24.5 Å². The zero-order valence-electron chi connectivity index (χ0n) is 7.97. The lowest BCUT2D eigenvalue weighted by atomic mass is 10.2. The van der Waals surface area contributed by atoms with Crippen molar-refractivity contribution in [3.8, 4) is 0 Å². The fraction of sp³-hybridized carbons (Fsp3) is 0.222. The highest BCUT2D eigenvalue weighted by atomic mass is 19.4. The van der Waals surface area contributed by atoms with Crippen LogP contribution in [0.2, 0.25) is 0 Å². The number of alkyl halides is 6. The van der Waals surface area contributed by atoms with Crippen LogP contribution >= 0.6 is 0 Å². The van der Waals surface area contributed by atoms with Gasteiger partial charge in [-0.15, -0.1) is 0 Å². The van der Waals surface area contributed by atoms with Crippen LogP contribution in [0.5, 0.6) is 0 Å². The smallest absolute Gasteiger partial charge is 0.296 e. The molecule has 0 fully saturated rings. The van der Waals surface area contributed by atoms with E-state index < -0.39 is 29.3 Å². The zero-order chi connectivity index (χ0) is 12.8. The molecule has 2 aromatic rings. The molecule has 2 aromatic heterocycles. The summed E-state index contributed by atoms with van der Waals surface area (Å²) < 4.78 is 75.4. The van der Waals surface area contributed by atoms with E-state index in [1.807, 2.05) is 0 Å².